The van der Waals surface area contributed by atoms with Gasteiger partial charge in [-0.15, -0.1) is 0 Å². The van der Waals surface area contributed by atoms with Gasteiger partial charge in [0.05, 0.1) is 24.9 Å². The Morgan fingerprint density at radius 2 is 1.73 bits per heavy atom. The number of hydrogen-bond donors (Lipinski definition) is 2. The van der Waals surface area contributed by atoms with Gasteiger partial charge < -0.3 is 15.4 Å². The second kappa shape index (κ2) is 11.3. The first kappa shape index (κ1) is 29.1. The second-order valence-corrected chi connectivity index (χ2v) is 9.29. The Hall–Kier alpha value is -4.88. The van der Waals surface area contributed by atoms with Crippen LogP contribution in [0.3, 0.4) is 0 Å². The molecule has 0 saturated carbocycles. The molecule has 2 heterocycles. The Morgan fingerprint density at radius 1 is 1.07 bits per heavy atom. The van der Waals surface area contributed by atoms with E-state index in [1.807, 2.05) is 0 Å². The molecular formula is C27H26F3N5O6. The largest absolute Gasteiger partial charge is 0.467 e. The minimum atomic E-state index is -4.66. The van der Waals surface area contributed by atoms with E-state index >= 15 is 0 Å². The molecule has 3 aromatic rings. The normalized spacial score (nSPS) is 14.0. The van der Waals surface area contributed by atoms with Crippen LogP contribution in [0.25, 0.3) is 5.69 Å². The number of urea groups is 1. The van der Waals surface area contributed by atoms with Crippen LogP contribution in [0.15, 0.2) is 58.3 Å². The zero-order valence-electron chi connectivity index (χ0n) is 22.2. The Kier molecular flexibility index (Phi) is 8.03. The maximum Gasteiger partial charge on any atom is 0.416 e. The fourth-order valence-electron chi connectivity index (χ4n) is 4.44. The Balaban J connectivity index is 1.84. The van der Waals surface area contributed by atoms with Crippen molar-refractivity contribution in [1.82, 2.24) is 19.8 Å². The number of carbonyl (C=O) groups excluding carboxylic acids is 3. The van der Waals surface area contributed by atoms with Crippen molar-refractivity contribution in [2.45, 2.75) is 32.6 Å². The summed E-state index contributed by atoms with van der Waals surface area (Å²) in [6.45, 7) is 2.89. The van der Waals surface area contributed by atoms with Crippen LogP contribution < -0.4 is 26.8 Å². The third-order valence-corrected chi connectivity index (χ3v) is 6.69. The molecule has 11 nitrogen and oxygen atoms in total. The molecule has 0 bridgehead atoms. The summed E-state index contributed by atoms with van der Waals surface area (Å²) < 4.78 is 46.8. The molecule has 0 radical (unpaired) electrons. The van der Waals surface area contributed by atoms with Gasteiger partial charge in [-0.3, -0.25) is 23.6 Å². The number of alkyl halides is 3. The van der Waals surface area contributed by atoms with E-state index in [0.29, 0.717) is 23.3 Å². The minimum absolute atomic E-state index is 0.0430. The van der Waals surface area contributed by atoms with Crippen LogP contribution in [0.1, 0.15) is 34.0 Å². The summed E-state index contributed by atoms with van der Waals surface area (Å²) in [7, 11) is 1.12. The van der Waals surface area contributed by atoms with Gasteiger partial charge in [0, 0.05) is 25.0 Å². The first-order chi connectivity index (χ1) is 19.3. The molecule has 1 aromatic heterocycles. The summed E-state index contributed by atoms with van der Waals surface area (Å²) >= 11 is 0. The third-order valence-electron chi connectivity index (χ3n) is 6.69. The number of aromatic nitrogens is 2. The number of esters is 1. The molecule has 1 fully saturated rings. The van der Waals surface area contributed by atoms with E-state index in [9.17, 15) is 37.1 Å². The van der Waals surface area contributed by atoms with Gasteiger partial charge in [-0.1, -0.05) is 12.1 Å². The molecule has 2 aromatic carbocycles. The number of ether oxygens (including phenoxy) is 1. The quantitative estimate of drug-likeness (QED) is 0.417. The van der Waals surface area contributed by atoms with Crippen LogP contribution in [-0.2, 0) is 22.3 Å². The van der Waals surface area contributed by atoms with Crippen molar-refractivity contribution in [1.29, 1.82) is 0 Å². The highest BCUT2D eigenvalue weighted by Crippen LogP contribution is 2.33. The van der Waals surface area contributed by atoms with Crippen molar-refractivity contribution < 1.29 is 32.3 Å². The van der Waals surface area contributed by atoms with Gasteiger partial charge in [-0.05, 0) is 55.3 Å². The molecule has 1 aliphatic heterocycles. The van der Waals surface area contributed by atoms with Gasteiger partial charge in [0.1, 0.15) is 11.6 Å². The highest BCUT2D eigenvalue weighted by Gasteiger charge is 2.33. The highest BCUT2D eigenvalue weighted by atomic mass is 19.4. The first-order valence-corrected chi connectivity index (χ1v) is 12.4. The lowest BCUT2D eigenvalue weighted by Gasteiger charge is -2.18. The van der Waals surface area contributed by atoms with E-state index in [4.69, 9.17) is 0 Å². The minimum Gasteiger partial charge on any atom is -0.467 e. The Morgan fingerprint density at radius 3 is 2.32 bits per heavy atom. The van der Waals surface area contributed by atoms with Crippen molar-refractivity contribution in [2.24, 2.45) is 0 Å². The van der Waals surface area contributed by atoms with Crippen molar-refractivity contribution in [3.05, 3.63) is 91.8 Å². The average molecular weight is 574 g/mol. The van der Waals surface area contributed by atoms with Crippen LogP contribution >= 0.6 is 0 Å². The lowest BCUT2D eigenvalue weighted by Crippen LogP contribution is -2.46. The number of halogens is 3. The van der Waals surface area contributed by atoms with Gasteiger partial charge in [-0.2, -0.15) is 13.2 Å². The van der Waals surface area contributed by atoms with Crippen LogP contribution in [0.2, 0.25) is 0 Å². The average Bonchev–Trinajstić information content (AvgIpc) is 3.36. The molecule has 2 N–H and O–H groups in total. The van der Waals surface area contributed by atoms with Gasteiger partial charge in [0.2, 0.25) is 0 Å². The molecule has 0 spiro atoms. The van der Waals surface area contributed by atoms with Crippen LogP contribution in [0.5, 0.6) is 0 Å². The topological polar surface area (TPSA) is 132 Å². The SMILES string of the molecule is COC(=O)[C@H](C)NC(=O)c1cn(-c2ccc(N3CCNC3=O)cc2)c(=O)n(Cc2cccc(C(F)(F)F)c2C)c1=O. The second-order valence-electron chi connectivity index (χ2n) is 9.29. The van der Waals surface area contributed by atoms with Gasteiger partial charge in [0.15, 0.2) is 0 Å². The van der Waals surface area contributed by atoms with E-state index in [1.54, 1.807) is 12.1 Å². The molecule has 3 amide bonds. The zero-order chi connectivity index (χ0) is 30.1. The van der Waals surface area contributed by atoms with Crippen LogP contribution in [-0.4, -0.2) is 53.3 Å². The summed E-state index contributed by atoms with van der Waals surface area (Å²) in [5, 5.41) is 5.00. The molecule has 1 atom stereocenters. The number of rotatable bonds is 7. The monoisotopic (exact) mass is 573 g/mol. The summed E-state index contributed by atoms with van der Waals surface area (Å²) in [4.78, 5) is 65.3. The number of nitrogens with zero attached hydrogens (tertiary/aromatic N) is 3. The molecule has 1 aliphatic rings. The molecule has 14 heteroatoms. The molecule has 4 rings (SSSR count). The van der Waals surface area contributed by atoms with Crippen LogP contribution in [0.4, 0.5) is 23.7 Å². The fourth-order valence-corrected chi connectivity index (χ4v) is 4.44. The smallest absolute Gasteiger partial charge is 0.416 e. The Bertz CT molecular complexity index is 1630. The number of nitrogens with one attached hydrogen (secondary N) is 2. The van der Waals surface area contributed by atoms with Crippen LogP contribution in [0, 0.1) is 6.92 Å². The van der Waals surface area contributed by atoms with Crippen molar-refractivity contribution >= 4 is 23.6 Å². The van der Waals surface area contributed by atoms with Gasteiger partial charge in [-0.25, -0.2) is 14.4 Å². The standard InChI is InChI=1S/C27H26F3N5O6/c1-15-17(5-4-6-21(15)27(28,29)30)13-35-23(37)20(22(36)32-16(2)24(38)41-3)14-34(26(35)40)19-9-7-18(8-10-19)33-12-11-31-25(33)39/h4-10,14,16H,11-13H2,1-3H3,(H,31,39)(H,32,36)/t16-/m0/s1. The lowest BCUT2D eigenvalue weighted by atomic mass is 10.0. The third kappa shape index (κ3) is 5.85. The molecule has 1 saturated heterocycles. The molecule has 0 unspecified atom stereocenters. The van der Waals surface area contributed by atoms with E-state index in [1.165, 1.54) is 36.9 Å². The predicted octanol–water partition coefficient (Wildman–Crippen LogP) is 2.20. The summed E-state index contributed by atoms with van der Waals surface area (Å²) in [5.41, 5.74) is -2.84. The predicted molar refractivity (Wildman–Crippen MR) is 141 cm³/mol. The van der Waals surface area contributed by atoms with Gasteiger partial charge in [0.25, 0.3) is 11.5 Å². The zero-order valence-corrected chi connectivity index (χ0v) is 22.2. The molecule has 216 valence electrons. The van der Waals surface area contributed by atoms with Crippen molar-refractivity contribution in [3.63, 3.8) is 0 Å². The maximum atomic E-state index is 13.6. The highest BCUT2D eigenvalue weighted by molar-refractivity contribution is 5.96. The van der Waals surface area contributed by atoms with Crippen molar-refractivity contribution in [3.8, 4) is 5.69 Å². The number of carbonyl (C=O) groups is 3. The summed E-state index contributed by atoms with van der Waals surface area (Å²) in [6.07, 6.45) is -3.66. The van der Waals surface area contributed by atoms with Gasteiger partial charge >= 0.3 is 23.9 Å². The molecular weight excluding hydrogens is 547 g/mol. The van der Waals surface area contributed by atoms with E-state index < -0.39 is 53.0 Å². The molecule has 41 heavy (non-hydrogen) atoms. The van der Waals surface area contributed by atoms with E-state index in [-0.39, 0.29) is 22.8 Å². The first-order valence-electron chi connectivity index (χ1n) is 12.4. The number of methoxy groups -OCH3 is 1. The summed E-state index contributed by atoms with van der Waals surface area (Å²) in [6, 6.07) is 8.09. The number of benzene rings is 2. The lowest BCUT2D eigenvalue weighted by molar-refractivity contribution is -0.142. The number of amides is 3. The number of hydrogen-bond acceptors (Lipinski definition) is 6. The summed E-state index contributed by atoms with van der Waals surface area (Å²) in [5.74, 6) is -1.78. The molecule has 0 aliphatic carbocycles. The number of anilines is 1. The van der Waals surface area contributed by atoms with E-state index in [0.717, 1.165) is 30.0 Å². The maximum absolute atomic E-state index is 13.6. The van der Waals surface area contributed by atoms with Crippen molar-refractivity contribution in [2.75, 3.05) is 25.1 Å². The van der Waals surface area contributed by atoms with E-state index in [2.05, 4.69) is 15.4 Å². The fraction of sp³-hybridized carbons (Fsp3) is 0.296. The Labute approximate surface area is 231 Å².